The Morgan fingerprint density at radius 2 is 1.95 bits per heavy atom. The van der Waals surface area contributed by atoms with Crippen LogP contribution < -0.4 is 11.1 Å². The lowest BCUT2D eigenvalue weighted by atomic mass is 10.3. The number of nitrogens with zero attached hydrogens (tertiary/aromatic N) is 1. The molecule has 1 heterocycles. The number of nitrogens with two attached hydrogens (primary N) is 1. The average Bonchev–Trinajstić information content (AvgIpc) is 2.36. The van der Waals surface area contributed by atoms with Gasteiger partial charge in [-0.1, -0.05) is 15.9 Å². The molecule has 0 saturated heterocycles. The molecule has 0 saturated carbocycles. The lowest BCUT2D eigenvalue weighted by Crippen LogP contribution is -2.34. The van der Waals surface area contributed by atoms with E-state index in [1.54, 1.807) is 13.0 Å². The Bertz CT molecular complexity index is 520. The second kappa shape index (κ2) is 8.51. The molecule has 0 radical (unpaired) electrons. The standard InChI is InChI=1S/C9H11BrFN3O.C2HF3O2/c1-5(4-11)13-9(15)7-2-6(10)3-8(12)14-7;3-2(4,5)1(6)7/h2-3,5H,4H2,1H3,(H2,12,14)(H,13,15);(H,6,7). The first-order valence-electron chi connectivity index (χ1n) is 5.57. The van der Waals surface area contributed by atoms with Gasteiger partial charge in [-0.25, -0.2) is 14.2 Å². The molecule has 11 heteroatoms. The second-order valence-electron chi connectivity index (χ2n) is 3.93. The summed E-state index contributed by atoms with van der Waals surface area (Å²) in [5.74, 6) is -2.96. The van der Waals surface area contributed by atoms with Gasteiger partial charge in [0.1, 0.15) is 18.2 Å². The van der Waals surface area contributed by atoms with Crippen LogP contribution in [0, 0.1) is 0 Å². The zero-order valence-electron chi connectivity index (χ0n) is 11.1. The van der Waals surface area contributed by atoms with Gasteiger partial charge >= 0.3 is 12.1 Å². The molecule has 22 heavy (non-hydrogen) atoms. The van der Waals surface area contributed by atoms with E-state index in [2.05, 4.69) is 26.2 Å². The van der Waals surface area contributed by atoms with Gasteiger partial charge in [-0.3, -0.25) is 4.79 Å². The number of carbonyl (C=O) groups is 2. The zero-order chi connectivity index (χ0) is 17.5. The van der Waals surface area contributed by atoms with Gasteiger partial charge in [0.15, 0.2) is 0 Å². The number of rotatable bonds is 3. The molecule has 1 unspecified atom stereocenters. The number of nitrogens with one attached hydrogen (secondary N) is 1. The topological polar surface area (TPSA) is 105 Å². The van der Waals surface area contributed by atoms with Gasteiger partial charge in [-0.15, -0.1) is 0 Å². The van der Waals surface area contributed by atoms with Gasteiger partial charge in [0.2, 0.25) is 0 Å². The summed E-state index contributed by atoms with van der Waals surface area (Å²) in [6, 6.07) is 2.57. The quantitative estimate of drug-likeness (QED) is 0.686. The Balaban J connectivity index is 0.000000534. The summed E-state index contributed by atoms with van der Waals surface area (Å²) in [4.78, 5) is 24.2. The number of carbonyl (C=O) groups excluding carboxylic acids is 1. The zero-order valence-corrected chi connectivity index (χ0v) is 12.7. The summed E-state index contributed by atoms with van der Waals surface area (Å²) in [5, 5.41) is 9.57. The number of carboxylic acids is 1. The fourth-order valence-electron chi connectivity index (χ4n) is 0.970. The predicted molar refractivity (Wildman–Crippen MR) is 72.9 cm³/mol. The number of carboxylic acid groups (broad SMARTS) is 1. The minimum atomic E-state index is -5.08. The Morgan fingerprint density at radius 3 is 2.32 bits per heavy atom. The highest BCUT2D eigenvalue weighted by Gasteiger charge is 2.38. The summed E-state index contributed by atoms with van der Waals surface area (Å²) < 4.78 is 44.5. The van der Waals surface area contributed by atoms with E-state index in [-0.39, 0.29) is 11.5 Å². The number of amides is 1. The molecule has 4 N–H and O–H groups in total. The molecule has 1 aromatic rings. The number of halogens is 5. The first-order chi connectivity index (χ1) is 9.97. The highest BCUT2D eigenvalue weighted by Crippen LogP contribution is 2.14. The van der Waals surface area contributed by atoms with E-state index in [1.807, 2.05) is 0 Å². The molecule has 6 nitrogen and oxygen atoms in total. The van der Waals surface area contributed by atoms with Crippen LogP contribution in [0.4, 0.5) is 23.4 Å². The van der Waals surface area contributed by atoms with Crippen LogP contribution in [0.1, 0.15) is 17.4 Å². The van der Waals surface area contributed by atoms with Crippen LogP contribution in [0.25, 0.3) is 0 Å². The van der Waals surface area contributed by atoms with E-state index in [4.69, 9.17) is 15.6 Å². The van der Waals surface area contributed by atoms with Crippen LogP contribution in [-0.2, 0) is 4.79 Å². The van der Waals surface area contributed by atoms with Crippen molar-refractivity contribution in [3.8, 4) is 0 Å². The van der Waals surface area contributed by atoms with E-state index in [0.717, 1.165) is 0 Å². The fourth-order valence-corrected chi connectivity index (χ4v) is 1.42. The van der Waals surface area contributed by atoms with Gasteiger partial charge in [-0.05, 0) is 19.1 Å². The van der Waals surface area contributed by atoms with Gasteiger partial charge in [0.05, 0.1) is 6.04 Å². The van der Waals surface area contributed by atoms with E-state index in [1.165, 1.54) is 6.07 Å². The number of hydrogen-bond acceptors (Lipinski definition) is 4. The summed E-state index contributed by atoms with van der Waals surface area (Å²) in [7, 11) is 0. The van der Waals surface area contributed by atoms with Crippen LogP contribution in [0.3, 0.4) is 0 Å². The molecule has 0 aromatic carbocycles. The molecule has 0 aliphatic heterocycles. The Morgan fingerprint density at radius 1 is 1.45 bits per heavy atom. The predicted octanol–water partition coefficient (Wildman–Crippen LogP) is 2.15. The highest BCUT2D eigenvalue weighted by molar-refractivity contribution is 9.10. The normalized spacial score (nSPS) is 11.9. The SMILES string of the molecule is CC(CF)NC(=O)c1cc(Br)cc(N)n1.O=C(O)C(F)(F)F. The van der Waals surface area contributed by atoms with Gasteiger partial charge in [-0.2, -0.15) is 13.2 Å². The van der Waals surface area contributed by atoms with E-state index < -0.39 is 30.8 Å². The minimum Gasteiger partial charge on any atom is -0.475 e. The summed E-state index contributed by atoms with van der Waals surface area (Å²) in [6.07, 6.45) is -5.08. The molecule has 124 valence electrons. The first kappa shape index (κ1) is 20.1. The molecule has 1 aromatic heterocycles. The Kier molecular flexibility index (Phi) is 7.77. The van der Waals surface area contributed by atoms with Crippen molar-refractivity contribution in [3.63, 3.8) is 0 Å². The fraction of sp³-hybridized carbons (Fsp3) is 0.364. The maximum Gasteiger partial charge on any atom is 0.490 e. The second-order valence-corrected chi connectivity index (χ2v) is 4.84. The lowest BCUT2D eigenvalue weighted by Gasteiger charge is -2.09. The maximum atomic E-state index is 12.2. The van der Waals surface area contributed by atoms with Crippen molar-refractivity contribution in [2.45, 2.75) is 19.1 Å². The third-order valence-electron chi connectivity index (χ3n) is 1.89. The molecule has 0 aliphatic carbocycles. The van der Waals surface area contributed by atoms with Crippen molar-refractivity contribution >= 4 is 33.6 Å². The third-order valence-corrected chi connectivity index (χ3v) is 2.35. The molecule has 0 aliphatic rings. The van der Waals surface area contributed by atoms with Crippen molar-refractivity contribution in [1.29, 1.82) is 0 Å². The third kappa shape index (κ3) is 7.76. The number of anilines is 1. The summed E-state index contributed by atoms with van der Waals surface area (Å²) >= 11 is 3.19. The van der Waals surface area contributed by atoms with Gasteiger partial charge < -0.3 is 16.2 Å². The Hall–Kier alpha value is -1.91. The van der Waals surface area contributed by atoms with Crippen LogP contribution in [-0.4, -0.2) is 40.9 Å². The van der Waals surface area contributed by atoms with E-state index in [0.29, 0.717) is 4.47 Å². The van der Waals surface area contributed by atoms with Gasteiger partial charge in [0.25, 0.3) is 5.91 Å². The van der Waals surface area contributed by atoms with Crippen molar-refractivity contribution in [2.75, 3.05) is 12.4 Å². The monoisotopic (exact) mass is 389 g/mol. The lowest BCUT2D eigenvalue weighted by molar-refractivity contribution is -0.192. The van der Waals surface area contributed by atoms with E-state index >= 15 is 0 Å². The van der Waals surface area contributed by atoms with E-state index in [9.17, 15) is 22.4 Å². The van der Waals surface area contributed by atoms with Crippen LogP contribution in [0.2, 0.25) is 0 Å². The number of alkyl halides is 4. The smallest absolute Gasteiger partial charge is 0.475 e. The molecule has 0 spiro atoms. The largest absolute Gasteiger partial charge is 0.490 e. The molecule has 1 atom stereocenters. The number of nitrogen functional groups attached to an aromatic ring is 1. The van der Waals surface area contributed by atoms with Gasteiger partial charge in [0, 0.05) is 4.47 Å². The Labute approximate surface area is 130 Å². The number of hydrogen-bond donors (Lipinski definition) is 3. The summed E-state index contributed by atoms with van der Waals surface area (Å²) in [5.41, 5.74) is 5.63. The average molecular weight is 390 g/mol. The summed E-state index contributed by atoms with van der Waals surface area (Å²) in [6.45, 7) is 0.953. The maximum absolute atomic E-state index is 12.2. The van der Waals surface area contributed by atoms with Crippen LogP contribution in [0.5, 0.6) is 0 Å². The number of pyridine rings is 1. The molecular weight excluding hydrogens is 378 g/mol. The number of aliphatic carboxylic acids is 1. The van der Waals surface area contributed by atoms with Crippen molar-refractivity contribution < 1.29 is 32.3 Å². The highest BCUT2D eigenvalue weighted by atomic mass is 79.9. The van der Waals surface area contributed by atoms with Crippen molar-refractivity contribution in [3.05, 3.63) is 22.3 Å². The molecule has 1 rings (SSSR count). The molecule has 1 amide bonds. The van der Waals surface area contributed by atoms with Crippen molar-refractivity contribution in [2.24, 2.45) is 0 Å². The first-order valence-corrected chi connectivity index (χ1v) is 6.36. The number of aromatic nitrogens is 1. The van der Waals surface area contributed by atoms with Crippen LogP contribution in [0.15, 0.2) is 16.6 Å². The molecule has 0 fully saturated rings. The van der Waals surface area contributed by atoms with Crippen LogP contribution >= 0.6 is 15.9 Å². The minimum absolute atomic E-state index is 0.169. The van der Waals surface area contributed by atoms with Crippen molar-refractivity contribution in [1.82, 2.24) is 10.3 Å². The molecular formula is C11H12BrF4N3O3. The molecule has 0 bridgehead atoms.